The molecule has 28 heavy (non-hydrogen) atoms. The molecule has 1 amide bonds. The highest BCUT2D eigenvalue weighted by Crippen LogP contribution is 2.27. The van der Waals surface area contributed by atoms with E-state index in [-0.39, 0.29) is 34.4 Å². The first kappa shape index (κ1) is 20.1. The summed E-state index contributed by atoms with van der Waals surface area (Å²) in [6, 6.07) is 12.0. The molecule has 0 bridgehead atoms. The molecule has 5 nitrogen and oxygen atoms in total. The van der Waals surface area contributed by atoms with Gasteiger partial charge in [0.15, 0.2) is 0 Å². The number of hydrogen-bond acceptors (Lipinski definition) is 4. The normalized spacial score (nSPS) is 16.6. The van der Waals surface area contributed by atoms with Gasteiger partial charge in [-0.15, -0.1) is 5.10 Å². The van der Waals surface area contributed by atoms with Gasteiger partial charge in [0.2, 0.25) is 18.0 Å². The Bertz CT molecular complexity index is 887. The van der Waals surface area contributed by atoms with Crippen molar-refractivity contribution in [2.45, 2.75) is 39.3 Å². The van der Waals surface area contributed by atoms with E-state index in [1.165, 1.54) is 30.7 Å². The third-order valence-corrected chi connectivity index (χ3v) is 4.65. The van der Waals surface area contributed by atoms with E-state index in [9.17, 15) is 9.18 Å². The molecule has 7 heteroatoms. The first-order valence-electron chi connectivity index (χ1n) is 8.89. The Balaban J connectivity index is 1.73. The van der Waals surface area contributed by atoms with Crippen LogP contribution >= 0.6 is 11.6 Å². The summed E-state index contributed by atoms with van der Waals surface area (Å²) in [4.78, 5) is 11.9. The molecule has 0 saturated heterocycles. The van der Waals surface area contributed by atoms with Crippen LogP contribution in [0.25, 0.3) is 0 Å². The van der Waals surface area contributed by atoms with Gasteiger partial charge in [0.1, 0.15) is 18.2 Å². The molecule has 0 aromatic heterocycles. The molecule has 1 atom stereocenters. The predicted octanol–water partition coefficient (Wildman–Crippen LogP) is 4.72. The largest absolute Gasteiger partial charge is 0.488 e. The highest BCUT2D eigenvalue weighted by Gasteiger charge is 2.34. The van der Waals surface area contributed by atoms with Crippen molar-refractivity contribution >= 4 is 23.4 Å². The lowest BCUT2D eigenvalue weighted by Gasteiger charge is -2.21. The molecule has 0 aliphatic carbocycles. The van der Waals surface area contributed by atoms with Crippen molar-refractivity contribution < 1.29 is 18.7 Å². The summed E-state index contributed by atoms with van der Waals surface area (Å²) in [6.07, 6.45) is -0.814. The molecule has 2 aromatic carbocycles. The van der Waals surface area contributed by atoms with Crippen molar-refractivity contribution in [2.75, 3.05) is 6.61 Å². The topological polar surface area (TPSA) is 51.1 Å². The fourth-order valence-corrected chi connectivity index (χ4v) is 3.02. The van der Waals surface area contributed by atoms with Gasteiger partial charge in [0, 0.05) is 6.92 Å². The first-order chi connectivity index (χ1) is 13.2. The van der Waals surface area contributed by atoms with E-state index < -0.39 is 12.0 Å². The second-order valence-electron chi connectivity index (χ2n) is 7.52. The highest BCUT2D eigenvalue weighted by molar-refractivity contribution is 6.33. The molecule has 0 saturated carbocycles. The van der Waals surface area contributed by atoms with Crippen molar-refractivity contribution in [1.82, 2.24) is 5.01 Å². The van der Waals surface area contributed by atoms with Gasteiger partial charge in [-0.05, 0) is 35.2 Å². The lowest BCUT2D eigenvalue weighted by atomic mass is 9.87. The summed E-state index contributed by atoms with van der Waals surface area (Å²) in [7, 11) is 0. The van der Waals surface area contributed by atoms with Crippen LogP contribution in [0.15, 0.2) is 47.6 Å². The summed E-state index contributed by atoms with van der Waals surface area (Å²) in [5.41, 5.74) is 1.25. The molecule has 0 fully saturated rings. The van der Waals surface area contributed by atoms with Crippen LogP contribution in [0.4, 0.5) is 4.39 Å². The second kappa shape index (κ2) is 7.80. The standard InChI is InChI=1S/C21H22ClFN2O3/c1-13(26)25-18(12-27-15-10-8-14(9-11-15)21(2,3)4)28-20(24-25)19-16(22)6-5-7-17(19)23/h5-11,18H,12H2,1-4H3/t18-/m0/s1. The predicted molar refractivity (Wildman–Crippen MR) is 106 cm³/mol. The van der Waals surface area contributed by atoms with Crippen molar-refractivity contribution in [2.24, 2.45) is 5.10 Å². The molecular weight excluding hydrogens is 383 g/mol. The van der Waals surface area contributed by atoms with E-state index in [1.54, 1.807) is 0 Å². The zero-order chi connectivity index (χ0) is 20.5. The molecule has 1 aliphatic rings. The van der Waals surface area contributed by atoms with Crippen molar-refractivity contribution in [3.63, 3.8) is 0 Å². The van der Waals surface area contributed by atoms with Gasteiger partial charge in [-0.2, -0.15) is 5.01 Å². The van der Waals surface area contributed by atoms with E-state index in [0.29, 0.717) is 5.75 Å². The number of benzene rings is 2. The van der Waals surface area contributed by atoms with Crippen LogP contribution < -0.4 is 4.74 Å². The van der Waals surface area contributed by atoms with Gasteiger partial charge in [-0.1, -0.05) is 50.6 Å². The van der Waals surface area contributed by atoms with Crippen LogP contribution in [-0.4, -0.2) is 29.6 Å². The lowest BCUT2D eigenvalue weighted by Crippen LogP contribution is -2.36. The zero-order valence-corrected chi connectivity index (χ0v) is 17.0. The number of carbonyl (C=O) groups excluding carboxylic acids is 1. The Morgan fingerprint density at radius 1 is 1.25 bits per heavy atom. The van der Waals surface area contributed by atoms with E-state index in [0.717, 1.165) is 5.01 Å². The van der Waals surface area contributed by atoms with Crippen molar-refractivity contribution in [3.05, 3.63) is 64.4 Å². The van der Waals surface area contributed by atoms with Crippen LogP contribution in [0.2, 0.25) is 5.02 Å². The van der Waals surface area contributed by atoms with Gasteiger partial charge in [0.25, 0.3) is 0 Å². The van der Waals surface area contributed by atoms with E-state index in [4.69, 9.17) is 21.1 Å². The summed E-state index contributed by atoms with van der Waals surface area (Å²) in [5.74, 6) is -0.333. The van der Waals surface area contributed by atoms with Crippen LogP contribution in [0.1, 0.15) is 38.8 Å². The Morgan fingerprint density at radius 2 is 1.93 bits per heavy atom. The molecule has 2 aromatic rings. The summed E-state index contributed by atoms with van der Waals surface area (Å²) in [6.45, 7) is 7.78. The Hall–Kier alpha value is -2.60. The van der Waals surface area contributed by atoms with Crippen LogP contribution in [0.5, 0.6) is 5.75 Å². The van der Waals surface area contributed by atoms with Crippen LogP contribution in [0, 0.1) is 5.82 Å². The molecule has 1 heterocycles. The molecule has 0 unspecified atom stereocenters. The highest BCUT2D eigenvalue weighted by atomic mass is 35.5. The van der Waals surface area contributed by atoms with Gasteiger partial charge in [-0.3, -0.25) is 4.79 Å². The smallest absolute Gasteiger partial charge is 0.245 e. The van der Waals surface area contributed by atoms with Gasteiger partial charge in [-0.25, -0.2) is 4.39 Å². The average molecular weight is 405 g/mol. The third kappa shape index (κ3) is 4.28. The number of carbonyl (C=O) groups is 1. The third-order valence-electron chi connectivity index (χ3n) is 4.33. The quantitative estimate of drug-likeness (QED) is 0.740. The van der Waals surface area contributed by atoms with Crippen LogP contribution in [-0.2, 0) is 14.9 Å². The number of hydrogen-bond donors (Lipinski definition) is 0. The SMILES string of the molecule is CC(=O)N1N=C(c2c(F)cccc2Cl)O[C@H]1COc1ccc(C(C)(C)C)cc1. The summed E-state index contributed by atoms with van der Waals surface area (Å²) >= 11 is 6.07. The summed E-state index contributed by atoms with van der Waals surface area (Å²) in [5, 5.41) is 5.37. The number of halogens is 2. The number of ether oxygens (including phenoxy) is 2. The van der Waals surface area contributed by atoms with Crippen LogP contribution in [0.3, 0.4) is 0 Å². The number of amides is 1. The number of nitrogens with zero attached hydrogens (tertiary/aromatic N) is 2. The second-order valence-corrected chi connectivity index (χ2v) is 7.93. The Morgan fingerprint density at radius 3 is 2.50 bits per heavy atom. The van der Waals surface area contributed by atoms with Crippen molar-refractivity contribution in [1.29, 1.82) is 0 Å². The van der Waals surface area contributed by atoms with Gasteiger partial charge >= 0.3 is 0 Å². The average Bonchev–Trinajstić information content (AvgIpc) is 3.03. The van der Waals surface area contributed by atoms with E-state index in [1.807, 2.05) is 24.3 Å². The molecule has 0 spiro atoms. The maximum atomic E-state index is 14.2. The fraction of sp³-hybridized carbons (Fsp3) is 0.333. The fourth-order valence-electron chi connectivity index (χ4n) is 2.77. The zero-order valence-electron chi connectivity index (χ0n) is 16.2. The van der Waals surface area contributed by atoms with Gasteiger partial charge < -0.3 is 9.47 Å². The number of rotatable bonds is 4. The minimum atomic E-state index is -0.814. The Kier molecular flexibility index (Phi) is 5.61. The molecule has 0 radical (unpaired) electrons. The monoisotopic (exact) mass is 404 g/mol. The molecule has 3 rings (SSSR count). The molecular formula is C21H22ClFN2O3. The maximum absolute atomic E-state index is 14.2. The van der Waals surface area contributed by atoms with E-state index >= 15 is 0 Å². The van der Waals surface area contributed by atoms with Crippen molar-refractivity contribution in [3.8, 4) is 5.75 Å². The first-order valence-corrected chi connectivity index (χ1v) is 9.27. The maximum Gasteiger partial charge on any atom is 0.245 e. The molecule has 0 N–H and O–H groups in total. The molecule has 1 aliphatic heterocycles. The summed E-state index contributed by atoms with van der Waals surface area (Å²) < 4.78 is 25.6. The minimum absolute atomic E-state index is 0.0208. The minimum Gasteiger partial charge on any atom is -0.488 e. The number of hydrazone groups is 1. The Labute approximate surface area is 168 Å². The van der Waals surface area contributed by atoms with E-state index in [2.05, 4.69) is 25.9 Å². The lowest BCUT2D eigenvalue weighted by molar-refractivity contribution is -0.136. The molecule has 148 valence electrons. The van der Waals surface area contributed by atoms with Gasteiger partial charge in [0.05, 0.1) is 10.6 Å².